The molecule has 3 N–H and O–H groups in total. The smallest absolute Gasteiger partial charge is 0.263 e. The number of carbonyl (C=O) groups is 1. The second-order valence-electron chi connectivity index (χ2n) is 4.31. The molecule has 1 amide bonds. The van der Waals surface area contributed by atoms with Gasteiger partial charge in [0.15, 0.2) is 0 Å². The van der Waals surface area contributed by atoms with Crippen LogP contribution in [0.4, 0.5) is 0 Å². The molecular weight excluding hydrogens is 196 g/mol. The minimum absolute atomic E-state index is 0.0612. The molecule has 0 aromatic rings. The standard InChI is InChI=1S/C10H18N2O3/c11-12-10(13)9-4-3-8(15-9)6-14-5-7-1-2-7/h7-9H,1-6,11H2,(H,12,13). The van der Waals surface area contributed by atoms with Crippen molar-refractivity contribution in [2.24, 2.45) is 11.8 Å². The minimum atomic E-state index is -0.385. The fraction of sp³-hybridized carbons (Fsp3) is 0.900. The van der Waals surface area contributed by atoms with Crippen molar-refractivity contribution >= 4 is 5.91 Å². The molecule has 1 aliphatic carbocycles. The zero-order chi connectivity index (χ0) is 10.7. The first-order chi connectivity index (χ1) is 7.29. The Labute approximate surface area is 89.3 Å². The van der Waals surface area contributed by atoms with Gasteiger partial charge in [-0.1, -0.05) is 0 Å². The minimum Gasteiger partial charge on any atom is -0.378 e. The Balaban J connectivity index is 1.61. The number of nitrogens with one attached hydrogen (secondary N) is 1. The number of ether oxygens (including phenoxy) is 2. The van der Waals surface area contributed by atoms with E-state index in [0.717, 1.165) is 25.4 Å². The topological polar surface area (TPSA) is 73.6 Å². The maximum absolute atomic E-state index is 11.1. The molecule has 0 spiro atoms. The highest BCUT2D eigenvalue weighted by Gasteiger charge is 2.30. The molecule has 1 aliphatic heterocycles. The fourth-order valence-corrected chi connectivity index (χ4v) is 1.76. The average Bonchev–Trinajstić information content (AvgIpc) is 2.94. The molecule has 0 aromatic carbocycles. The highest BCUT2D eigenvalue weighted by atomic mass is 16.5. The van der Waals surface area contributed by atoms with Gasteiger partial charge in [-0.25, -0.2) is 5.84 Å². The lowest BCUT2D eigenvalue weighted by atomic mass is 10.2. The van der Waals surface area contributed by atoms with Crippen molar-refractivity contribution in [3.8, 4) is 0 Å². The molecule has 15 heavy (non-hydrogen) atoms. The zero-order valence-corrected chi connectivity index (χ0v) is 8.78. The van der Waals surface area contributed by atoms with Crippen LogP contribution in [-0.2, 0) is 14.3 Å². The Bertz CT molecular complexity index is 231. The predicted octanol–water partition coefficient (Wildman–Crippen LogP) is -0.0495. The molecule has 0 radical (unpaired) electrons. The summed E-state index contributed by atoms with van der Waals surface area (Å²) in [5.41, 5.74) is 2.11. The number of carbonyl (C=O) groups excluding carboxylic acids is 1. The van der Waals surface area contributed by atoms with E-state index in [1.54, 1.807) is 0 Å². The van der Waals surface area contributed by atoms with Crippen LogP contribution in [0.3, 0.4) is 0 Å². The first-order valence-corrected chi connectivity index (χ1v) is 5.53. The van der Waals surface area contributed by atoms with Crippen molar-refractivity contribution in [1.82, 2.24) is 5.43 Å². The van der Waals surface area contributed by atoms with Crippen LogP contribution in [0, 0.1) is 5.92 Å². The summed E-state index contributed by atoms with van der Waals surface area (Å²) in [4.78, 5) is 11.1. The highest BCUT2D eigenvalue weighted by molar-refractivity contribution is 5.80. The summed E-state index contributed by atoms with van der Waals surface area (Å²) in [5.74, 6) is 5.57. The molecule has 2 fully saturated rings. The molecule has 0 aromatic heterocycles. The van der Waals surface area contributed by atoms with Gasteiger partial charge in [0.05, 0.1) is 12.7 Å². The second kappa shape index (κ2) is 4.92. The van der Waals surface area contributed by atoms with Gasteiger partial charge in [0.1, 0.15) is 6.10 Å². The average molecular weight is 214 g/mol. The number of hydrogen-bond donors (Lipinski definition) is 2. The van der Waals surface area contributed by atoms with E-state index >= 15 is 0 Å². The van der Waals surface area contributed by atoms with Gasteiger partial charge in [-0.2, -0.15) is 0 Å². The molecule has 5 nitrogen and oxygen atoms in total. The van der Waals surface area contributed by atoms with E-state index in [1.165, 1.54) is 12.8 Å². The molecule has 1 heterocycles. The Hall–Kier alpha value is -0.650. The molecule has 1 saturated carbocycles. The number of rotatable bonds is 5. The number of amides is 1. The third kappa shape index (κ3) is 3.15. The van der Waals surface area contributed by atoms with Crippen LogP contribution in [0.25, 0.3) is 0 Å². The fourth-order valence-electron chi connectivity index (χ4n) is 1.76. The van der Waals surface area contributed by atoms with E-state index in [2.05, 4.69) is 5.43 Å². The van der Waals surface area contributed by atoms with E-state index in [0.29, 0.717) is 6.61 Å². The SMILES string of the molecule is NNC(=O)C1CCC(COCC2CC2)O1. The maximum Gasteiger partial charge on any atom is 0.263 e. The van der Waals surface area contributed by atoms with Gasteiger partial charge in [0, 0.05) is 6.61 Å². The van der Waals surface area contributed by atoms with Gasteiger partial charge in [-0.05, 0) is 31.6 Å². The number of nitrogens with two attached hydrogens (primary N) is 1. The lowest BCUT2D eigenvalue weighted by molar-refractivity contribution is -0.133. The van der Waals surface area contributed by atoms with Crippen LogP contribution in [0.1, 0.15) is 25.7 Å². The quantitative estimate of drug-likeness (QED) is 0.382. The van der Waals surface area contributed by atoms with E-state index in [-0.39, 0.29) is 18.1 Å². The first-order valence-electron chi connectivity index (χ1n) is 5.53. The number of hydrazine groups is 1. The Morgan fingerprint density at radius 1 is 1.33 bits per heavy atom. The van der Waals surface area contributed by atoms with Gasteiger partial charge in [0.2, 0.25) is 0 Å². The Morgan fingerprint density at radius 2 is 2.13 bits per heavy atom. The monoisotopic (exact) mass is 214 g/mol. The second-order valence-corrected chi connectivity index (χ2v) is 4.31. The summed E-state index contributed by atoms with van der Waals surface area (Å²) >= 11 is 0. The van der Waals surface area contributed by atoms with Crippen LogP contribution in [0.2, 0.25) is 0 Å². The molecule has 2 aliphatic rings. The van der Waals surface area contributed by atoms with Crippen LogP contribution >= 0.6 is 0 Å². The lowest BCUT2D eigenvalue weighted by Gasteiger charge is -2.12. The third-order valence-electron chi connectivity index (χ3n) is 2.90. The largest absolute Gasteiger partial charge is 0.378 e. The molecule has 2 unspecified atom stereocenters. The summed E-state index contributed by atoms with van der Waals surface area (Å²) in [5, 5.41) is 0. The van der Waals surface area contributed by atoms with Crippen molar-refractivity contribution in [1.29, 1.82) is 0 Å². The van der Waals surface area contributed by atoms with Crippen LogP contribution in [0.5, 0.6) is 0 Å². The molecule has 2 atom stereocenters. The van der Waals surface area contributed by atoms with Crippen molar-refractivity contribution in [3.63, 3.8) is 0 Å². The van der Waals surface area contributed by atoms with Crippen LogP contribution in [0.15, 0.2) is 0 Å². The maximum atomic E-state index is 11.1. The Morgan fingerprint density at radius 3 is 2.80 bits per heavy atom. The van der Waals surface area contributed by atoms with Crippen molar-refractivity contribution in [2.45, 2.75) is 37.9 Å². The summed E-state index contributed by atoms with van der Waals surface area (Å²) in [7, 11) is 0. The normalized spacial score (nSPS) is 30.5. The molecule has 1 saturated heterocycles. The Kier molecular flexibility index (Phi) is 3.56. The molecule has 2 rings (SSSR count). The van der Waals surface area contributed by atoms with Gasteiger partial charge in [0.25, 0.3) is 5.91 Å². The molecular formula is C10H18N2O3. The lowest BCUT2D eigenvalue weighted by Crippen LogP contribution is -2.39. The van der Waals surface area contributed by atoms with Gasteiger partial charge in [-0.15, -0.1) is 0 Å². The van der Waals surface area contributed by atoms with Gasteiger partial charge < -0.3 is 9.47 Å². The molecule has 5 heteroatoms. The molecule has 0 bridgehead atoms. The zero-order valence-electron chi connectivity index (χ0n) is 8.78. The van der Waals surface area contributed by atoms with Crippen molar-refractivity contribution in [3.05, 3.63) is 0 Å². The van der Waals surface area contributed by atoms with Crippen LogP contribution in [-0.4, -0.2) is 31.3 Å². The van der Waals surface area contributed by atoms with E-state index < -0.39 is 0 Å². The summed E-state index contributed by atoms with van der Waals surface area (Å²) in [6.45, 7) is 1.44. The van der Waals surface area contributed by atoms with Gasteiger partial charge >= 0.3 is 0 Å². The summed E-state index contributed by atoms with van der Waals surface area (Å²) in [6.07, 6.45) is 3.88. The van der Waals surface area contributed by atoms with Crippen molar-refractivity contribution < 1.29 is 14.3 Å². The van der Waals surface area contributed by atoms with E-state index in [4.69, 9.17) is 15.3 Å². The highest BCUT2D eigenvalue weighted by Crippen LogP contribution is 2.29. The number of hydrogen-bond acceptors (Lipinski definition) is 4. The van der Waals surface area contributed by atoms with Crippen LogP contribution < -0.4 is 11.3 Å². The predicted molar refractivity (Wildman–Crippen MR) is 53.8 cm³/mol. The van der Waals surface area contributed by atoms with E-state index in [9.17, 15) is 4.79 Å². The van der Waals surface area contributed by atoms with E-state index in [1.807, 2.05) is 0 Å². The first kappa shape index (κ1) is 10.9. The van der Waals surface area contributed by atoms with Crippen molar-refractivity contribution in [2.75, 3.05) is 13.2 Å². The summed E-state index contributed by atoms with van der Waals surface area (Å²) < 4.78 is 11.0. The van der Waals surface area contributed by atoms with Gasteiger partial charge in [-0.3, -0.25) is 10.2 Å². The third-order valence-corrected chi connectivity index (χ3v) is 2.90. The summed E-state index contributed by atoms with van der Waals surface area (Å²) in [6, 6.07) is 0. The molecule has 86 valence electrons.